The lowest BCUT2D eigenvalue weighted by Crippen LogP contribution is -2.32. The summed E-state index contributed by atoms with van der Waals surface area (Å²) in [5.41, 5.74) is 0.838. The van der Waals surface area contributed by atoms with E-state index in [0.29, 0.717) is 5.69 Å². The van der Waals surface area contributed by atoms with Crippen molar-refractivity contribution in [1.29, 1.82) is 0 Å². The van der Waals surface area contributed by atoms with Gasteiger partial charge in [0.2, 0.25) is 0 Å². The van der Waals surface area contributed by atoms with Crippen molar-refractivity contribution in [1.82, 2.24) is 9.63 Å². The molecule has 1 amide bonds. The number of aromatic nitrogens is 1. The molecule has 6 heteroatoms. The molecule has 0 aliphatic carbocycles. The Balaban J connectivity index is 1.99. The number of hydrogen-bond acceptors (Lipinski definition) is 4. The molecule has 2 heterocycles. The zero-order valence-electron chi connectivity index (χ0n) is 13.7. The van der Waals surface area contributed by atoms with E-state index in [1.54, 1.807) is 0 Å². The number of carbonyl (C=O) groups excluding carboxylic acids is 2. The van der Waals surface area contributed by atoms with E-state index >= 15 is 0 Å². The van der Waals surface area contributed by atoms with Gasteiger partial charge in [0.15, 0.2) is 0 Å². The van der Waals surface area contributed by atoms with E-state index in [-0.39, 0.29) is 18.3 Å². The van der Waals surface area contributed by atoms with Crippen LogP contribution in [0, 0.1) is 0 Å². The van der Waals surface area contributed by atoms with Crippen molar-refractivity contribution in [2.75, 3.05) is 7.11 Å². The minimum Gasteiger partial charge on any atom is -0.460 e. The van der Waals surface area contributed by atoms with Crippen LogP contribution in [0.25, 0.3) is 10.9 Å². The third-order valence-corrected chi connectivity index (χ3v) is 3.70. The fourth-order valence-electron chi connectivity index (χ4n) is 2.93. The Morgan fingerprint density at radius 1 is 1.26 bits per heavy atom. The molecule has 0 saturated carbocycles. The maximum absolute atomic E-state index is 12.5. The minimum atomic E-state index is -0.570. The van der Waals surface area contributed by atoms with E-state index in [2.05, 4.69) is 0 Å². The maximum atomic E-state index is 12.5. The largest absolute Gasteiger partial charge is 0.460 e. The molecule has 1 unspecified atom stereocenters. The fraction of sp³-hybridized carbons (Fsp3) is 0.412. The van der Waals surface area contributed by atoms with Gasteiger partial charge in [-0.15, -0.1) is 0 Å². The van der Waals surface area contributed by atoms with Crippen LogP contribution in [0.2, 0.25) is 0 Å². The molecule has 0 fully saturated rings. The summed E-state index contributed by atoms with van der Waals surface area (Å²) in [5, 5.41) is 2.19. The van der Waals surface area contributed by atoms with Crippen LogP contribution in [0.5, 0.6) is 0 Å². The van der Waals surface area contributed by atoms with Gasteiger partial charge in [0.05, 0.1) is 19.0 Å². The molecule has 0 spiro atoms. The Bertz CT molecular complexity index is 772. The van der Waals surface area contributed by atoms with Crippen molar-refractivity contribution < 1.29 is 19.2 Å². The van der Waals surface area contributed by atoms with Gasteiger partial charge in [-0.3, -0.25) is 14.4 Å². The predicted molar refractivity (Wildman–Crippen MR) is 84.6 cm³/mol. The first kappa shape index (κ1) is 15.6. The zero-order chi connectivity index (χ0) is 16.8. The van der Waals surface area contributed by atoms with Gasteiger partial charge in [0, 0.05) is 5.39 Å². The van der Waals surface area contributed by atoms with Crippen LogP contribution < -0.4 is 0 Å². The standard InChI is InChI=1S/C17H20N2O4/c1-17(2,3)23-15(20)10-14-18-12-8-6-5-7-11(12)9-13(18)16(21)19(14)22-4/h5-9,14H,10H2,1-4H3. The van der Waals surface area contributed by atoms with Crippen molar-refractivity contribution in [3.63, 3.8) is 0 Å². The lowest BCUT2D eigenvalue weighted by atomic mass is 10.2. The van der Waals surface area contributed by atoms with Crippen molar-refractivity contribution in [3.05, 3.63) is 36.0 Å². The Kier molecular flexibility index (Phi) is 3.64. The van der Waals surface area contributed by atoms with Crippen LogP contribution >= 0.6 is 0 Å². The maximum Gasteiger partial charge on any atom is 0.310 e. The van der Waals surface area contributed by atoms with Crippen LogP contribution in [0.1, 0.15) is 43.8 Å². The SMILES string of the molecule is CON1C(=O)c2cc3ccccc3n2C1CC(=O)OC(C)(C)C. The molecule has 1 aromatic carbocycles. The highest BCUT2D eigenvalue weighted by Gasteiger charge is 2.40. The highest BCUT2D eigenvalue weighted by molar-refractivity contribution is 6.00. The van der Waals surface area contributed by atoms with E-state index < -0.39 is 11.8 Å². The van der Waals surface area contributed by atoms with Gasteiger partial charge < -0.3 is 9.30 Å². The van der Waals surface area contributed by atoms with Crippen LogP contribution in [-0.2, 0) is 14.4 Å². The average molecular weight is 316 g/mol. The summed E-state index contributed by atoms with van der Waals surface area (Å²) in [7, 11) is 1.43. The number of benzene rings is 1. The molecular formula is C17H20N2O4. The van der Waals surface area contributed by atoms with Gasteiger partial charge >= 0.3 is 5.97 Å². The number of hydrogen-bond donors (Lipinski definition) is 0. The summed E-state index contributed by atoms with van der Waals surface area (Å²) in [6, 6.07) is 9.50. The van der Waals surface area contributed by atoms with Crippen molar-refractivity contribution in [3.8, 4) is 0 Å². The third kappa shape index (κ3) is 2.70. The number of carbonyl (C=O) groups is 2. The summed E-state index contributed by atoms with van der Waals surface area (Å²) >= 11 is 0. The van der Waals surface area contributed by atoms with Gasteiger partial charge in [-0.1, -0.05) is 18.2 Å². The Morgan fingerprint density at radius 3 is 2.61 bits per heavy atom. The van der Waals surface area contributed by atoms with E-state index in [1.165, 1.54) is 12.2 Å². The number of ether oxygens (including phenoxy) is 1. The highest BCUT2D eigenvalue weighted by atomic mass is 16.7. The number of fused-ring (bicyclic) bond motifs is 3. The molecule has 23 heavy (non-hydrogen) atoms. The fourth-order valence-corrected chi connectivity index (χ4v) is 2.93. The number of amides is 1. The van der Waals surface area contributed by atoms with Crippen LogP contribution in [0.15, 0.2) is 30.3 Å². The molecule has 0 radical (unpaired) electrons. The Labute approximate surface area is 134 Å². The number of nitrogens with zero attached hydrogens (tertiary/aromatic N) is 2. The van der Waals surface area contributed by atoms with E-state index in [4.69, 9.17) is 9.57 Å². The highest BCUT2D eigenvalue weighted by Crippen LogP contribution is 2.35. The lowest BCUT2D eigenvalue weighted by molar-refractivity contribution is -0.166. The van der Waals surface area contributed by atoms with E-state index in [0.717, 1.165) is 10.9 Å². The first-order valence-corrected chi connectivity index (χ1v) is 7.51. The van der Waals surface area contributed by atoms with Crippen molar-refractivity contribution >= 4 is 22.8 Å². The first-order chi connectivity index (χ1) is 10.8. The minimum absolute atomic E-state index is 0.0303. The molecule has 1 atom stereocenters. The first-order valence-electron chi connectivity index (χ1n) is 7.51. The monoisotopic (exact) mass is 316 g/mol. The van der Waals surface area contributed by atoms with Crippen LogP contribution in [0.3, 0.4) is 0 Å². The van der Waals surface area contributed by atoms with Crippen molar-refractivity contribution in [2.45, 2.75) is 39.0 Å². The van der Waals surface area contributed by atoms with Gasteiger partial charge in [-0.25, -0.2) is 0 Å². The topological polar surface area (TPSA) is 60.8 Å². The second-order valence-electron chi connectivity index (χ2n) is 6.54. The molecule has 1 aromatic heterocycles. The molecule has 2 aromatic rings. The summed E-state index contributed by atoms with van der Waals surface area (Å²) < 4.78 is 7.22. The number of hydroxylamine groups is 2. The van der Waals surface area contributed by atoms with Crippen molar-refractivity contribution in [2.24, 2.45) is 0 Å². The molecule has 122 valence electrons. The van der Waals surface area contributed by atoms with Gasteiger partial charge in [-0.05, 0) is 32.9 Å². The van der Waals surface area contributed by atoms with Crippen LogP contribution in [-0.4, -0.2) is 34.2 Å². The number of para-hydroxylation sites is 1. The third-order valence-electron chi connectivity index (χ3n) is 3.70. The second kappa shape index (κ2) is 5.38. The summed E-state index contributed by atoms with van der Waals surface area (Å²) in [5.74, 6) is -0.625. The van der Waals surface area contributed by atoms with Gasteiger partial charge in [0.25, 0.3) is 5.91 Å². The Hall–Kier alpha value is -2.34. The molecule has 1 aliphatic rings. The Morgan fingerprint density at radius 2 is 1.96 bits per heavy atom. The molecule has 0 bridgehead atoms. The second-order valence-corrected chi connectivity index (χ2v) is 6.54. The van der Waals surface area contributed by atoms with Gasteiger partial charge in [-0.2, -0.15) is 5.06 Å². The van der Waals surface area contributed by atoms with Gasteiger partial charge in [0.1, 0.15) is 17.5 Å². The molecular weight excluding hydrogens is 296 g/mol. The molecule has 6 nitrogen and oxygen atoms in total. The summed E-state index contributed by atoms with van der Waals surface area (Å²) in [6.45, 7) is 5.44. The van der Waals surface area contributed by atoms with E-state index in [9.17, 15) is 9.59 Å². The lowest BCUT2D eigenvalue weighted by Gasteiger charge is -2.25. The number of esters is 1. The molecule has 1 aliphatic heterocycles. The number of rotatable bonds is 3. The smallest absolute Gasteiger partial charge is 0.310 e. The molecule has 0 N–H and O–H groups in total. The molecule has 3 rings (SSSR count). The summed E-state index contributed by atoms with van der Waals surface area (Å²) in [6.07, 6.45) is -0.514. The predicted octanol–water partition coefficient (Wildman–Crippen LogP) is 2.89. The average Bonchev–Trinajstić information content (AvgIpc) is 2.94. The summed E-state index contributed by atoms with van der Waals surface area (Å²) in [4.78, 5) is 29.9. The molecule has 0 saturated heterocycles. The van der Waals surface area contributed by atoms with Crippen LogP contribution in [0.4, 0.5) is 0 Å². The van der Waals surface area contributed by atoms with E-state index in [1.807, 2.05) is 55.7 Å². The normalized spacial score (nSPS) is 17.7. The quantitative estimate of drug-likeness (QED) is 0.817. The zero-order valence-corrected chi connectivity index (χ0v) is 13.7.